The molecule has 3 heterocycles. The molecule has 240 valence electrons. The summed E-state index contributed by atoms with van der Waals surface area (Å²) in [6.07, 6.45) is 5.04. The molecule has 3 aromatic heterocycles. The normalized spacial score (nSPS) is 18.0. The van der Waals surface area contributed by atoms with Gasteiger partial charge in [0.15, 0.2) is 15.8 Å². The Morgan fingerprint density at radius 2 is 1.88 bits per heavy atom. The van der Waals surface area contributed by atoms with Crippen LogP contribution in [-0.2, 0) is 36.0 Å². The van der Waals surface area contributed by atoms with E-state index in [0.717, 1.165) is 17.8 Å². The molecule has 0 spiro atoms. The maximum Gasteiger partial charge on any atom is 0.291 e. The molecule has 3 aromatic rings. The van der Waals surface area contributed by atoms with Crippen LogP contribution in [0.25, 0.3) is 16.3 Å². The first kappa shape index (κ1) is 37.8. The largest absolute Gasteiger partial charge is 0.649 e. The Kier molecular flexibility index (Phi) is 13.5. The van der Waals surface area contributed by atoms with Gasteiger partial charge < -0.3 is 34.7 Å². The van der Waals surface area contributed by atoms with Crippen molar-refractivity contribution in [2.75, 3.05) is 18.0 Å². The molecule has 0 bridgehead atoms. The summed E-state index contributed by atoms with van der Waals surface area (Å²) in [4.78, 5) is 16.0. The van der Waals surface area contributed by atoms with Gasteiger partial charge in [0.25, 0.3) is 6.43 Å². The van der Waals surface area contributed by atoms with Crippen LogP contribution in [-0.4, -0.2) is 58.7 Å². The van der Waals surface area contributed by atoms with Crippen molar-refractivity contribution >= 4 is 39.0 Å². The van der Waals surface area contributed by atoms with Gasteiger partial charge in [-0.05, 0) is 46.1 Å². The summed E-state index contributed by atoms with van der Waals surface area (Å²) >= 11 is 0.735. The second-order valence-corrected chi connectivity index (χ2v) is 13.5. The van der Waals surface area contributed by atoms with Crippen LogP contribution in [0.2, 0.25) is 0 Å². The van der Waals surface area contributed by atoms with Gasteiger partial charge in [-0.3, -0.25) is 4.40 Å². The van der Waals surface area contributed by atoms with E-state index in [2.05, 4.69) is 24.6 Å². The van der Waals surface area contributed by atoms with E-state index in [1.54, 1.807) is 37.4 Å². The number of imidazole rings is 1. The van der Waals surface area contributed by atoms with Crippen molar-refractivity contribution in [1.29, 1.82) is 0 Å². The first-order valence-corrected chi connectivity index (χ1v) is 15.0. The fourth-order valence-electron chi connectivity index (χ4n) is 3.95. The van der Waals surface area contributed by atoms with Gasteiger partial charge in [-0.1, -0.05) is 24.7 Å². The Hall–Kier alpha value is -2.22. The van der Waals surface area contributed by atoms with E-state index in [-0.39, 0.29) is 51.2 Å². The Morgan fingerprint density at radius 3 is 2.31 bits per heavy atom. The van der Waals surface area contributed by atoms with Crippen molar-refractivity contribution in [2.24, 2.45) is 5.92 Å². The SMILES string of the molecule is CC(C)(C)O[C-]=O.C[CH-]CN(C[CH-]C)c1cc(S(=O)(=O)NC2(C)CC2C)cn2c(-c3nnc(C(F)F)s3)ncc12.[CH3-].[Ni]. The fourth-order valence-corrected chi connectivity index (χ4v) is 6.17. The van der Waals surface area contributed by atoms with Crippen LogP contribution >= 0.6 is 11.3 Å². The van der Waals surface area contributed by atoms with Gasteiger partial charge in [0.05, 0.1) is 23.0 Å². The average Bonchev–Trinajstić information content (AvgIpc) is 3.24. The summed E-state index contributed by atoms with van der Waals surface area (Å²) in [7, 11) is -3.85. The van der Waals surface area contributed by atoms with Crippen LogP contribution in [0.1, 0.15) is 66.3 Å². The number of rotatable bonds is 11. The Balaban J connectivity index is 0.000000876. The van der Waals surface area contributed by atoms with Crippen LogP contribution in [0.4, 0.5) is 14.5 Å². The van der Waals surface area contributed by atoms with Gasteiger partial charge in [-0.25, -0.2) is 26.9 Å². The van der Waals surface area contributed by atoms with Crippen LogP contribution < -0.4 is 9.62 Å². The number of hydrogen-bond donors (Lipinski definition) is 1. The van der Waals surface area contributed by atoms with Crippen molar-refractivity contribution in [2.45, 2.75) is 77.3 Å². The zero-order valence-electron chi connectivity index (χ0n) is 24.9. The first-order valence-electron chi connectivity index (χ1n) is 12.7. The molecule has 0 aliphatic heterocycles. The van der Waals surface area contributed by atoms with Crippen LogP contribution in [0.3, 0.4) is 0 Å². The smallest absolute Gasteiger partial charge is 0.291 e. The minimum absolute atomic E-state index is 0. The Labute approximate surface area is 261 Å². The molecule has 42 heavy (non-hydrogen) atoms. The summed E-state index contributed by atoms with van der Waals surface area (Å²) in [6, 6.07) is 1.64. The molecule has 4 rings (SSSR count). The second-order valence-electron chi connectivity index (χ2n) is 10.8. The van der Waals surface area contributed by atoms with Gasteiger partial charge in [0.1, 0.15) is 4.90 Å². The first-order chi connectivity index (χ1) is 18.7. The van der Waals surface area contributed by atoms with Crippen LogP contribution in [0, 0.1) is 26.2 Å². The van der Waals surface area contributed by atoms with Gasteiger partial charge in [-0.2, -0.15) is 13.8 Å². The van der Waals surface area contributed by atoms with E-state index in [0.29, 0.717) is 24.3 Å². The number of ether oxygens (including phenoxy) is 1. The van der Waals surface area contributed by atoms with Crippen molar-refractivity contribution in [3.05, 3.63) is 43.7 Å². The molecule has 0 amide bonds. The number of carbonyl (C=O) groups excluding carboxylic acids is 1. The van der Waals surface area contributed by atoms with Crippen LogP contribution in [0.5, 0.6) is 0 Å². The number of sulfonamides is 1. The summed E-state index contributed by atoms with van der Waals surface area (Å²) in [6.45, 7) is 15.6. The van der Waals surface area contributed by atoms with Crippen molar-refractivity contribution < 1.29 is 43.2 Å². The summed E-state index contributed by atoms with van der Waals surface area (Å²) in [5.41, 5.74) is 0.459. The zero-order chi connectivity index (χ0) is 29.9. The quantitative estimate of drug-likeness (QED) is 0.212. The van der Waals surface area contributed by atoms with E-state index < -0.39 is 27.0 Å². The Bertz CT molecular complexity index is 1420. The number of pyridine rings is 1. The number of hydrogen-bond acceptors (Lipinski definition) is 9. The second kappa shape index (κ2) is 15.0. The molecule has 0 radical (unpaired) electrons. The molecule has 0 aromatic carbocycles. The summed E-state index contributed by atoms with van der Waals surface area (Å²) < 4.78 is 61.6. The van der Waals surface area contributed by atoms with Crippen molar-refractivity contribution in [3.8, 4) is 10.8 Å². The molecule has 1 aliphatic carbocycles. The molecular formula is C27H38F2N6NiO4S2-4. The Morgan fingerprint density at radius 1 is 1.29 bits per heavy atom. The molecule has 0 saturated heterocycles. The van der Waals surface area contributed by atoms with Crippen molar-refractivity contribution in [1.82, 2.24) is 24.3 Å². The number of fused-ring (bicyclic) bond motifs is 1. The van der Waals surface area contributed by atoms with Gasteiger partial charge in [0, 0.05) is 28.2 Å². The topological polar surface area (TPSA) is 119 Å². The molecule has 10 nitrogen and oxygen atoms in total. The predicted molar refractivity (Wildman–Crippen MR) is 157 cm³/mol. The summed E-state index contributed by atoms with van der Waals surface area (Å²) in [5.74, 6) is 0.508. The minimum atomic E-state index is -3.85. The van der Waals surface area contributed by atoms with Gasteiger partial charge >= 0.3 is 0 Å². The number of anilines is 1. The molecular weight excluding hydrogens is 633 g/mol. The fraction of sp³-hybridized carbons (Fsp3) is 0.519. The number of nitrogens with zero attached hydrogens (tertiary/aromatic N) is 5. The number of alkyl halides is 2. The monoisotopic (exact) mass is 670 g/mol. The predicted octanol–water partition coefficient (Wildman–Crippen LogP) is 5.44. The molecule has 1 saturated carbocycles. The number of nitrogens with one attached hydrogen (secondary N) is 1. The van der Waals surface area contributed by atoms with Crippen LogP contribution in [0.15, 0.2) is 23.4 Å². The van der Waals surface area contributed by atoms with E-state index in [1.807, 2.05) is 45.4 Å². The van der Waals surface area contributed by atoms with Gasteiger partial charge in [-0.15, -0.1) is 23.3 Å². The third-order valence-corrected chi connectivity index (χ3v) is 8.75. The molecule has 1 fully saturated rings. The maximum atomic E-state index is 13.3. The van der Waals surface area contributed by atoms with Crippen molar-refractivity contribution in [3.63, 3.8) is 0 Å². The third kappa shape index (κ3) is 9.14. The minimum Gasteiger partial charge on any atom is -0.649 e. The zero-order valence-corrected chi connectivity index (χ0v) is 27.5. The maximum absolute atomic E-state index is 13.3. The number of halogens is 2. The summed E-state index contributed by atoms with van der Waals surface area (Å²) in [5, 5.41) is 7.19. The molecule has 1 aliphatic rings. The van der Waals surface area contributed by atoms with E-state index in [9.17, 15) is 22.0 Å². The molecule has 2 atom stereocenters. The average molecular weight is 671 g/mol. The van der Waals surface area contributed by atoms with E-state index in [4.69, 9.17) is 0 Å². The standard InChI is InChI=1S/C21H26F2N6O2S2.C5H9O2.CH3.Ni/c1-5-7-28(8-6-2)15-9-14(33(30,31)27-21(4)10-13(21)3)12-29-16(15)11-24-18(29)20-26-25-19(32-20)17(22)23;1-5(2,3)7-4-6;;/h5-6,9,11-13,17,27H,7-8,10H2,1-4H3;1-3H3;1H3;/q-2;2*-1;. The molecule has 15 heteroatoms. The van der Waals surface area contributed by atoms with Gasteiger partial charge in [0.2, 0.25) is 10.0 Å². The van der Waals surface area contributed by atoms with E-state index >= 15 is 0 Å². The molecule has 2 unspecified atom stereocenters. The van der Waals surface area contributed by atoms with E-state index in [1.165, 1.54) is 12.7 Å². The third-order valence-electron chi connectivity index (χ3n) is 6.24. The molecule has 1 N–H and O–H groups in total. The number of aromatic nitrogens is 4.